The number of hydrogen-bond donors (Lipinski definition) is 4. The Morgan fingerprint density at radius 2 is 1.69 bits per heavy atom. The zero-order chi connectivity index (χ0) is 35.6. The molecule has 6 atom stereocenters. The lowest BCUT2D eigenvalue weighted by Gasteiger charge is -2.37. The van der Waals surface area contributed by atoms with E-state index in [9.17, 15) is 48.0 Å². The van der Waals surface area contributed by atoms with Crippen molar-refractivity contribution in [1.82, 2.24) is 24.8 Å². The number of nitrogens with zero attached hydrogens (tertiary/aromatic N) is 5. The molecule has 1 aliphatic heterocycles. The van der Waals surface area contributed by atoms with Crippen LogP contribution in [-0.2, 0) is 25.2 Å². The predicted octanol–water partition coefficient (Wildman–Crippen LogP) is 2.53. The summed E-state index contributed by atoms with van der Waals surface area (Å²) in [6.45, 7) is 3.45. The Kier molecular flexibility index (Phi) is 10.1. The number of carbonyl (C=O) groups excluding carboxylic acids is 2. The van der Waals surface area contributed by atoms with E-state index in [1.165, 1.54) is 53.3 Å². The van der Waals surface area contributed by atoms with Gasteiger partial charge in [-0.3, -0.25) is 0 Å². The highest BCUT2D eigenvalue weighted by molar-refractivity contribution is 5.91. The van der Waals surface area contributed by atoms with Gasteiger partial charge >= 0.3 is 24.1 Å². The summed E-state index contributed by atoms with van der Waals surface area (Å²) in [7, 11) is 0. The maximum atomic E-state index is 14.1. The number of carboxylic acids is 1. The summed E-state index contributed by atoms with van der Waals surface area (Å²) >= 11 is 0. The fraction of sp³-hybridized carbons (Fsp3) is 0.355. The lowest BCUT2D eigenvalue weighted by molar-refractivity contribution is -0.278. The van der Waals surface area contributed by atoms with Crippen molar-refractivity contribution >= 4 is 17.9 Å². The molecular weight excluding hydrogens is 659 g/mol. The van der Waals surface area contributed by atoms with E-state index in [0.717, 1.165) is 6.20 Å². The van der Waals surface area contributed by atoms with Crippen LogP contribution in [0.3, 0.4) is 0 Å². The summed E-state index contributed by atoms with van der Waals surface area (Å²) in [4.78, 5) is 36.7. The van der Waals surface area contributed by atoms with Gasteiger partial charge in [0.25, 0.3) is 0 Å². The van der Waals surface area contributed by atoms with Crippen LogP contribution in [0.4, 0.5) is 13.2 Å². The molecular formula is C31H30F3N5O10. The molecule has 0 radical (unpaired) electrons. The molecule has 0 amide bonds. The number of alkyl halides is 3. The molecule has 1 unspecified atom stereocenters. The van der Waals surface area contributed by atoms with Gasteiger partial charge in [0.1, 0.15) is 29.6 Å². The van der Waals surface area contributed by atoms with Gasteiger partial charge in [-0.25, -0.2) is 23.7 Å². The van der Waals surface area contributed by atoms with Crippen molar-refractivity contribution in [3.63, 3.8) is 0 Å². The van der Waals surface area contributed by atoms with Crippen molar-refractivity contribution in [2.75, 3.05) is 0 Å². The lowest BCUT2D eigenvalue weighted by Crippen LogP contribution is -2.60. The van der Waals surface area contributed by atoms with Gasteiger partial charge in [0.05, 0.1) is 35.4 Å². The number of ether oxygens (including phenoxy) is 3. The molecule has 260 valence electrons. The quantitative estimate of drug-likeness (QED) is 0.177. The van der Waals surface area contributed by atoms with Gasteiger partial charge in [-0.15, -0.1) is 5.10 Å². The Hall–Kier alpha value is -5.17. The van der Waals surface area contributed by atoms with E-state index >= 15 is 0 Å². The monoisotopic (exact) mass is 689 g/mol. The van der Waals surface area contributed by atoms with Gasteiger partial charge in [0.15, 0.2) is 11.8 Å². The van der Waals surface area contributed by atoms with Crippen LogP contribution in [0.15, 0.2) is 60.9 Å². The number of aliphatic hydroxyl groups is 3. The number of benzene rings is 2. The molecule has 18 heteroatoms. The van der Waals surface area contributed by atoms with E-state index in [-0.39, 0.29) is 16.9 Å². The molecule has 0 saturated carbocycles. The molecule has 0 spiro atoms. The highest BCUT2D eigenvalue weighted by Crippen LogP contribution is 2.34. The predicted molar refractivity (Wildman–Crippen MR) is 158 cm³/mol. The number of aliphatic carboxylic acids is 1. The van der Waals surface area contributed by atoms with Crippen LogP contribution in [0.2, 0.25) is 0 Å². The first-order valence-corrected chi connectivity index (χ1v) is 14.8. The number of halogens is 3. The SMILES string of the molecule is CCCC(C)OC(=O)c1cnn(-c2ccc(-n3cc(-c4cccc(C(=O)O[C@@H]5O[C@H](C(=O)O)[C@@H](O)[C@H](O)[C@H]5O)c4)nn3)cc2)c1C(F)(F)F. The summed E-state index contributed by atoms with van der Waals surface area (Å²) in [5.41, 5.74) is -1.02. The van der Waals surface area contributed by atoms with Crippen LogP contribution < -0.4 is 0 Å². The molecule has 15 nitrogen and oxygen atoms in total. The topological polar surface area (TPSA) is 208 Å². The number of hydrogen-bond acceptors (Lipinski definition) is 12. The summed E-state index contributed by atoms with van der Waals surface area (Å²) in [6.07, 6.45) is -11.8. The van der Waals surface area contributed by atoms with Crippen molar-refractivity contribution in [1.29, 1.82) is 0 Å². The Balaban J connectivity index is 1.32. The van der Waals surface area contributed by atoms with Gasteiger partial charge < -0.3 is 34.6 Å². The fourth-order valence-electron chi connectivity index (χ4n) is 5.08. The molecule has 4 N–H and O–H groups in total. The molecule has 4 aromatic rings. The van der Waals surface area contributed by atoms with Crippen molar-refractivity contribution in [2.45, 2.75) is 69.7 Å². The van der Waals surface area contributed by atoms with Gasteiger partial charge in [0.2, 0.25) is 6.29 Å². The zero-order valence-electron chi connectivity index (χ0n) is 25.8. The van der Waals surface area contributed by atoms with E-state index in [1.807, 2.05) is 6.92 Å². The standard InChI is InChI=1S/C31H30F3N5O10/c1-3-5-15(2)47-29(46)20-13-35-39(26(20)31(32,33)34)19-10-8-18(9-11-19)38-14-21(36-37-38)16-6-4-7-17(12-16)28(45)49-30-24(42)22(40)23(41)25(48-30)27(43)44/h4,6-15,22-25,30,40-42H,3,5H2,1-2H3,(H,43,44)/t15?,22-,23-,24+,25-,30-/m0/s1. The van der Waals surface area contributed by atoms with Crippen molar-refractivity contribution < 1.29 is 62.2 Å². The second-order valence-corrected chi connectivity index (χ2v) is 11.1. The van der Waals surface area contributed by atoms with Crippen molar-refractivity contribution in [3.05, 3.63) is 77.7 Å². The Morgan fingerprint density at radius 3 is 2.35 bits per heavy atom. The minimum Gasteiger partial charge on any atom is -0.479 e. The van der Waals surface area contributed by atoms with Crippen molar-refractivity contribution in [2.24, 2.45) is 0 Å². The minimum absolute atomic E-state index is 0.00653. The molecule has 0 bridgehead atoms. The molecule has 3 heterocycles. The maximum Gasteiger partial charge on any atom is 0.434 e. The van der Waals surface area contributed by atoms with Crippen LogP contribution in [0.5, 0.6) is 0 Å². The van der Waals surface area contributed by atoms with Crippen LogP contribution in [0.25, 0.3) is 22.6 Å². The third-order valence-electron chi connectivity index (χ3n) is 7.54. The first-order chi connectivity index (χ1) is 23.2. The second kappa shape index (κ2) is 14.1. The van der Waals surface area contributed by atoms with E-state index in [4.69, 9.17) is 14.2 Å². The van der Waals surface area contributed by atoms with Gasteiger partial charge in [0, 0.05) is 5.56 Å². The van der Waals surface area contributed by atoms with E-state index in [0.29, 0.717) is 28.8 Å². The highest BCUT2D eigenvalue weighted by Gasteiger charge is 2.48. The number of rotatable bonds is 10. The number of aromatic nitrogens is 5. The Morgan fingerprint density at radius 1 is 1.00 bits per heavy atom. The summed E-state index contributed by atoms with van der Waals surface area (Å²) in [6, 6.07) is 11.4. The summed E-state index contributed by atoms with van der Waals surface area (Å²) in [5, 5.41) is 51.1. The zero-order valence-corrected chi connectivity index (χ0v) is 25.8. The Labute approximate surface area is 275 Å². The van der Waals surface area contributed by atoms with Gasteiger partial charge in [-0.2, -0.15) is 18.3 Å². The average molecular weight is 690 g/mol. The number of carboxylic acid groups (broad SMARTS) is 1. The molecule has 49 heavy (non-hydrogen) atoms. The van der Waals surface area contributed by atoms with Crippen LogP contribution in [0, 0.1) is 0 Å². The molecule has 1 fully saturated rings. The lowest BCUT2D eigenvalue weighted by atomic mass is 9.99. The van der Waals surface area contributed by atoms with E-state index in [2.05, 4.69) is 15.4 Å². The minimum atomic E-state index is -4.92. The third-order valence-corrected chi connectivity index (χ3v) is 7.54. The molecule has 0 aliphatic carbocycles. The third kappa shape index (κ3) is 7.46. The number of aliphatic hydroxyl groups excluding tert-OH is 3. The largest absolute Gasteiger partial charge is 0.479 e. The molecule has 5 rings (SSSR count). The van der Waals surface area contributed by atoms with Crippen LogP contribution in [-0.4, -0.2) is 99.9 Å². The molecule has 2 aromatic heterocycles. The van der Waals surface area contributed by atoms with Gasteiger partial charge in [-0.1, -0.05) is 30.7 Å². The van der Waals surface area contributed by atoms with E-state index in [1.54, 1.807) is 13.0 Å². The normalized spacial score (nSPS) is 21.6. The summed E-state index contributed by atoms with van der Waals surface area (Å²) < 4.78 is 59.4. The summed E-state index contributed by atoms with van der Waals surface area (Å²) in [5.74, 6) is -3.82. The molecule has 1 saturated heterocycles. The average Bonchev–Trinajstić information content (AvgIpc) is 3.74. The van der Waals surface area contributed by atoms with Crippen molar-refractivity contribution in [3.8, 4) is 22.6 Å². The smallest absolute Gasteiger partial charge is 0.434 e. The van der Waals surface area contributed by atoms with Crippen LogP contribution >= 0.6 is 0 Å². The van der Waals surface area contributed by atoms with E-state index < -0.39 is 72.2 Å². The number of esters is 2. The fourth-order valence-corrected chi connectivity index (χ4v) is 5.08. The molecule has 2 aromatic carbocycles. The molecule has 1 aliphatic rings. The van der Waals surface area contributed by atoms with Crippen LogP contribution in [0.1, 0.15) is 53.1 Å². The first-order valence-electron chi connectivity index (χ1n) is 14.8. The maximum absolute atomic E-state index is 14.1. The second-order valence-electron chi connectivity index (χ2n) is 11.1. The highest BCUT2D eigenvalue weighted by atomic mass is 19.4. The van der Waals surface area contributed by atoms with Gasteiger partial charge in [-0.05, 0) is 49.7 Å². The number of carbonyl (C=O) groups is 3. The first kappa shape index (κ1) is 35.1. The Bertz CT molecular complexity index is 1830.